The number of morpholine rings is 1. The number of aryl methyl sites for hydroxylation is 1. The molecule has 0 radical (unpaired) electrons. The zero-order chi connectivity index (χ0) is 22.6. The second-order valence-corrected chi connectivity index (χ2v) is 8.77. The van der Waals surface area contributed by atoms with Crippen LogP contribution < -0.4 is 10.6 Å². The fourth-order valence-electron chi connectivity index (χ4n) is 4.38. The minimum Gasteiger partial charge on any atom is -0.379 e. The van der Waals surface area contributed by atoms with Crippen molar-refractivity contribution in [2.75, 3.05) is 59.0 Å². The van der Waals surface area contributed by atoms with Gasteiger partial charge in [0.1, 0.15) is 0 Å². The first-order chi connectivity index (χ1) is 15.7. The average molecular weight is 572 g/mol. The summed E-state index contributed by atoms with van der Waals surface area (Å²) in [6.07, 6.45) is 4.98. The molecule has 33 heavy (non-hydrogen) atoms. The number of nitrogens with one attached hydrogen (secondary N) is 2. The van der Waals surface area contributed by atoms with E-state index in [1.165, 1.54) is 17.5 Å². The van der Waals surface area contributed by atoms with Crippen LogP contribution in [0.15, 0.2) is 29.3 Å². The van der Waals surface area contributed by atoms with Gasteiger partial charge in [-0.3, -0.25) is 14.7 Å². The first-order valence-corrected chi connectivity index (χ1v) is 12.4. The van der Waals surface area contributed by atoms with Crippen LogP contribution in [0.2, 0.25) is 0 Å². The van der Waals surface area contributed by atoms with Crippen LogP contribution in [0.1, 0.15) is 56.2 Å². The number of benzene rings is 1. The lowest BCUT2D eigenvalue weighted by Crippen LogP contribution is -2.42. The van der Waals surface area contributed by atoms with E-state index in [1.54, 1.807) is 0 Å². The lowest BCUT2D eigenvalue weighted by Gasteiger charge is -2.34. The summed E-state index contributed by atoms with van der Waals surface area (Å²) in [6.45, 7) is 11.7. The number of aliphatic imine (C=N–C) groups is 1. The van der Waals surface area contributed by atoms with E-state index < -0.39 is 0 Å². The molecule has 2 aliphatic heterocycles. The molecule has 0 aliphatic carbocycles. The van der Waals surface area contributed by atoms with Crippen LogP contribution >= 0.6 is 24.0 Å². The second-order valence-electron chi connectivity index (χ2n) is 8.77. The van der Waals surface area contributed by atoms with Crippen molar-refractivity contribution in [1.82, 2.24) is 20.4 Å². The molecule has 2 N–H and O–H groups in total. The minimum atomic E-state index is 0. The molecule has 0 spiro atoms. The number of rotatable bonds is 9. The maximum Gasteiger partial charge on any atom is 0.222 e. The Labute approximate surface area is 216 Å². The largest absolute Gasteiger partial charge is 0.379 e. The molecule has 0 bridgehead atoms. The van der Waals surface area contributed by atoms with Crippen molar-refractivity contribution in [3.8, 4) is 0 Å². The molecule has 3 rings (SSSR count). The molecule has 2 heterocycles. The van der Waals surface area contributed by atoms with Gasteiger partial charge in [-0.25, -0.2) is 0 Å². The molecule has 2 saturated heterocycles. The van der Waals surface area contributed by atoms with Gasteiger partial charge in [0, 0.05) is 45.7 Å². The summed E-state index contributed by atoms with van der Waals surface area (Å²) < 4.78 is 5.57. The summed E-state index contributed by atoms with van der Waals surface area (Å²) >= 11 is 0. The fraction of sp³-hybridized carbons (Fsp3) is 0.680. The van der Waals surface area contributed by atoms with E-state index in [-0.39, 0.29) is 30.0 Å². The van der Waals surface area contributed by atoms with Gasteiger partial charge in [-0.05, 0) is 38.7 Å². The number of nitrogens with zero attached hydrogens (tertiary/aromatic N) is 3. The van der Waals surface area contributed by atoms with Gasteiger partial charge in [-0.1, -0.05) is 36.2 Å². The summed E-state index contributed by atoms with van der Waals surface area (Å²) in [5.74, 6) is 1.16. The maximum absolute atomic E-state index is 12.2. The molecule has 0 saturated carbocycles. The zero-order valence-electron chi connectivity index (χ0n) is 20.4. The molecule has 7 nitrogen and oxygen atoms in total. The smallest absolute Gasteiger partial charge is 0.222 e. The summed E-state index contributed by atoms with van der Waals surface area (Å²) in [4.78, 5) is 21.6. The van der Waals surface area contributed by atoms with Gasteiger partial charge in [0.2, 0.25) is 5.91 Å². The standard InChI is InChI=1S/C25H41N5O2.HI/c1-3-26-25(27-13-7-15-30-14-6-4-5-8-24(30)31)28-20-23(29-16-18-32-19-17-29)22-11-9-21(2)10-12-22;/h9-12,23H,3-8,13-20H2,1-2H3,(H2,26,27,28);1H. The van der Waals surface area contributed by atoms with Crippen molar-refractivity contribution >= 4 is 35.8 Å². The number of hydrogen-bond donors (Lipinski definition) is 2. The summed E-state index contributed by atoms with van der Waals surface area (Å²) in [7, 11) is 0. The first kappa shape index (κ1) is 27.9. The third-order valence-electron chi connectivity index (χ3n) is 6.28. The molecule has 1 amide bonds. The molecule has 1 unspecified atom stereocenters. The molecular weight excluding hydrogens is 529 g/mol. The van der Waals surface area contributed by atoms with Crippen molar-refractivity contribution in [2.45, 2.75) is 52.0 Å². The van der Waals surface area contributed by atoms with Gasteiger partial charge in [0.25, 0.3) is 0 Å². The molecule has 0 aromatic heterocycles. The Morgan fingerprint density at radius 2 is 1.85 bits per heavy atom. The number of likely N-dealkylation sites (tertiary alicyclic amines) is 1. The first-order valence-electron chi connectivity index (χ1n) is 12.4. The predicted molar refractivity (Wildman–Crippen MR) is 145 cm³/mol. The Bertz CT molecular complexity index is 722. The van der Waals surface area contributed by atoms with Crippen LogP contribution in [-0.4, -0.2) is 80.7 Å². The summed E-state index contributed by atoms with van der Waals surface area (Å²) in [5, 5.41) is 6.84. The van der Waals surface area contributed by atoms with E-state index in [2.05, 4.69) is 53.6 Å². The average Bonchev–Trinajstić information content (AvgIpc) is 3.02. The van der Waals surface area contributed by atoms with Crippen LogP contribution in [-0.2, 0) is 9.53 Å². The fourth-order valence-corrected chi connectivity index (χ4v) is 4.38. The van der Waals surface area contributed by atoms with Gasteiger partial charge >= 0.3 is 0 Å². The van der Waals surface area contributed by atoms with E-state index in [0.717, 1.165) is 77.7 Å². The molecule has 2 aliphatic rings. The molecule has 2 fully saturated rings. The highest BCUT2D eigenvalue weighted by molar-refractivity contribution is 14.0. The Hall–Kier alpha value is -1.39. The normalized spacial score (nSPS) is 18.9. The highest BCUT2D eigenvalue weighted by Crippen LogP contribution is 2.23. The lowest BCUT2D eigenvalue weighted by molar-refractivity contribution is -0.130. The summed E-state index contributed by atoms with van der Waals surface area (Å²) in [6, 6.07) is 9.05. The number of guanidine groups is 1. The second kappa shape index (κ2) is 15.5. The lowest BCUT2D eigenvalue weighted by atomic mass is 10.0. The van der Waals surface area contributed by atoms with Crippen LogP contribution in [0.3, 0.4) is 0 Å². The van der Waals surface area contributed by atoms with Crippen molar-refractivity contribution in [2.24, 2.45) is 4.99 Å². The Balaban J connectivity index is 0.00000385. The number of carbonyl (C=O) groups excluding carboxylic acids is 1. The van der Waals surface area contributed by atoms with Crippen molar-refractivity contribution in [3.05, 3.63) is 35.4 Å². The van der Waals surface area contributed by atoms with Crippen molar-refractivity contribution in [1.29, 1.82) is 0 Å². The van der Waals surface area contributed by atoms with Crippen LogP contribution in [0.5, 0.6) is 0 Å². The Morgan fingerprint density at radius 1 is 1.09 bits per heavy atom. The van der Waals surface area contributed by atoms with Gasteiger partial charge in [0.05, 0.1) is 25.8 Å². The monoisotopic (exact) mass is 571 g/mol. The third kappa shape index (κ3) is 9.41. The number of halogens is 1. The van der Waals surface area contributed by atoms with Crippen molar-refractivity contribution in [3.63, 3.8) is 0 Å². The van der Waals surface area contributed by atoms with Gasteiger partial charge in [-0.2, -0.15) is 0 Å². The van der Waals surface area contributed by atoms with Crippen LogP contribution in [0.25, 0.3) is 0 Å². The van der Waals surface area contributed by atoms with E-state index in [0.29, 0.717) is 18.9 Å². The van der Waals surface area contributed by atoms with E-state index in [4.69, 9.17) is 9.73 Å². The van der Waals surface area contributed by atoms with Crippen LogP contribution in [0, 0.1) is 6.92 Å². The molecule has 186 valence electrons. The SMILES string of the molecule is CCNC(=NCC(c1ccc(C)cc1)N1CCOCC1)NCCCN1CCCCCC1=O.I. The van der Waals surface area contributed by atoms with E-state index >= 15 is 0 Å². The number of hydrogen-bond acceptors (Lipinski definition) is 4. The topological polar surface area (TPSA) is 69.2 Å². The molecule has 8 heteroatoms. The predicted octanol–water partition coefficient (Wildman–Crippen LogP) is 3.33. The molecular formula is C25H42IN5O2. The zero-order valence-corrected chi connectivity index (χ0v) is 22.7. The van der Waals surface area contributed by atoms with Gasteiger partial charge in [-0.15, -0.1) is 24.0 Å². The van der Waals surface area contributed by atoms with Crippen molar-refractivity contribution < 1.29 is 9.53 Å². The Kier molecular flexibility index (Phi) is 13.1. The van der Waals surface area contributed by atoms with E-state index in [9.17, 15) is 4.79 Å². The third-order valence-corrected chi connectivity index (χ3v) is 6.28. The maximum atomic E-state index is 12.2. The Morgan fingerprint density at radius 3 is 2.58 bits per heavy atom. The van der Waals surface area contributed by atoms with Gasteiger partial charge in [0.15, 0.2) is 5.96 Å². The number of amides is 1. The molecule has 1 atom stereocenters. The minimum absolute atomic E-state index is 0. The molecule has 1 aromatic carbocycles. The van der Waals surface area contributed by atoms with Gasteiger partial charge < -0.3 is 20.3 Å². The highest BCUT2D eigenvalue weighted by Gasteiger charge is 2.22. The number of ether oxygens (including phenoxy) is 1. The quantitative estimate of drug-likeness (QED) is 0.206. The number of carbonyl (C=O) groups is 1. The summed E-state index contributed by atoms with van der Waals surface area (Å²) in [5.41, 5.74) is 2.58. The highest BCUT2D eigenvalue weighted by atomic mass is 127. The van der Waals surface area contributed by atoms with Crippen LogP contribution in [0.4, 0.5) is 0 Å². The van der Waals surface area contributed by atoms with E-state index in [1.807, 2.05) is 4.90 Å². The molecule has 1 aromatic rings.